The Hall–Kier alpha value is -3.39. The molecule has 164 valence electrons. The van der Waals surface area contributed by atoms with Gasteiger partial charge in [-0.15, -0.1) is 0 Å². The number of aliphatic carboxylic acids is 1. The van der Waals surface area contributed by atoms with E-state index in [-0.39, 0.29) is 25.6 Å². The number of fused-ring (bicyclic) bond motifs is 3. The van der Waals surface area contributed by atoms with E-state index in [1.807, 2.05) is 55.4 Å². The summed E-state index contributed by atoms with van der Waals surface area (Å²) in [5, 5.41) is 11.5. The van der Waals surface area contributed by atoms with Gasteiger partial charge in [0.15, 0.2) is 0 Å². The molecule has 0 fully saturated rings. The number of ether oxygens (including phenoxy) is 1. The van der Waals surface area contributed by atoms with Gasteiger partial charge in [0.05, 0.1) is 0 Å². The Morgan fingerprint density at radius 2 is 1.55 bits per heavy atom. The van der Waals surface area contributed by atoms with Gasteiger partial charge in [-0.25, -0.2) is 4.79 Å². The Bertz CT molecular complexity index is 914. The summed E-state index contributed by atoms with van der Waals surface area (Å²) in [5.74, 6) is -1.65. The van der Waals surface area contributed by atoms with Gasteiger partial charge in [0, 0.05) is 19.0 Å². The Kier molecular flexibility index (Phi) is 7.25. The number of carbonyl (C=O) groups is 3. The van der Waals surface area contributed by atoms with Gasteiger partial charge in [-0.05, 0) is 36.3 Å². The number of amides is 2. The smallest absolute Gasteiger partial charge is 0.407 e. The van der Waals surface area contributed by atoms with E-state index in [9.17, 15) is 14.4 Å². The minimum atomic E-state index is -1.10. The van der Waals surface area contributed by atoms with Crippen molar-refractivity contribution >= 4 is 18.0 Å². The zero-order valence-corrected chi connectivity index (χ0v) is 17.7. The van der Waals surface area contributed by atoms with Crippen LogP contribution in [0.3, 0.4) is 0 Å². The molecule has 2 aromatic rings. The second kappa shape index (κ2) is 10.1. The highest BCUT2D eigenvalue weighted by Gasteiger charge is 2.29. The third-order valence-electron chi connectivity index (χ3n) is 5.22. The Balaban J connectivity index is 1.55. The van der Waals surface area contributed by atoms with Crippen LogP contribution in [0.25, 0.3) is 11.1 Å². The largest absolute Gasteiger partial charge is 0.480 e. The Labute approximate surface area is 181 Å². The molecule has 0 spiro atoms. The number of hydrogen-bond acceptors (Lipinski definition) is 5. The molecule has 0 bridgehead atoms. The maximum Gasteiger partial charge on any atom is 0.407 e. The molecule has 0 saturated carbocycles. The highest BCUT2D eigenvalue weighted by Crippen LogP contribution is 2.44. The van der Waals surface area contributed by atoms with Gasteiger partial charge in [0.1, 0.15) is 19.7 Å². The first-order valence-corrected chi connectivity index (χ1v) is 10.1. The van der Waals surface area contributed by atoms with Crippen LogP contribution in [-0.4, -0.2) is 79.8 Å². The Morgan fingerprint density at radius 1 is 0.968 bits per heavy atom. The molecule has 0 saturated heterocycles. The van der Waals surface area contributed by atoms with Crippen LogP contribution in [0.5, 0.6) is 0 Å². The molecule has 8 nitrogen and oxygen atoms in total. The fourth-order valence-electron chi connectivity index (χ4n) is 3.68. The molecule has 8 heteroatoms. The SMILES string of the molecule is CN(C)CCN(CC(=O)O)C(=O)CNC(=O)OCC1c2ccccc2-c2ccccc21. The standard InChI is InChI=1S/C23H27N3O5/c1-25(2)11-12-26(14-22(28)29)21(27)13-24-23(30)31-15-20-18-9-5-3-7-16(18)17-8-4-6-10-19(17)20/h3-10,20H,11-15H2,1-2H3,(H,24,30)(H,28,29). The summed E-state index contributed by atoms with van der Waals surface area (Å²) in [5.41, 5.74) is 4.47. The Morgan fingerprint density at radius 3 is 2.10 bits per heavy atom. The molecule has 31 heavy (non-hydrogen) atoms. The van der Waals surface area contributed by atoms with E-state index in [1.54, 1.807) is 0 Å². The first-order chi connectivity index (χ1) is 14.9. The molecule has 0 atom stereocenters. The average Bonchev–Trinajstić information content (AvgIpc) is 3.07. The number of nitrogens with zero attached hydrogens (tertiary/aromatic N) is 2. The fraction of sp³-hybridized carbons (Fsp3) is 0.348. The molecule has 1 aliphatic carbocycles. The van der Waals surface area contributed by atoms with Gasteiger partial charge in [0.2, 0.25) is 5.91 Å². The second-order valence-corrected chi connectivity index (χ2v) is 7.69. The van der Waals surface area contributed by atoms with Gasteiger partial charge in [-0.3, -0.25) is 9.59 Å². The summed E-state index contributed by atoms with van der Waals surface area (Å²) in [7, 11) is 3.66. The van der Waals surface area contributed by atoms with Crippen molar-refractivity contribution in [1.29, 1.82) is 0 Å². The fourth-order valence-corrected chi connectivity index (χ4v) is 3.68. The van der Waals surface area contributed by atoms with Crippen LogP contribution < -0.4 is 5.32 Å². The normalized spacial score (nSPS) is 12.2. The van der Waals surface area contributed by atoms with Crippen molar-refractivity contribution < 1.29 is 24.2 Å². The number of rotatable bonds is 9. The number of hydrogen-bond donors (Lipinski definition) is 2. The van der Waals surface area contributed by atoms with Crippen molar-refractivity contribution in [2.75, 3.05) is 46.9 Å². The third kappa shape index (κ3) is 5.61. The van der Waals surface area contributed by atoms with Crippen LogP contribution in [0, 0.1) is 0 Å². The molecule has 2 aromatic carbocycles. The predicted octanol–water partition coefficient (Wildman–Crippen LogP) is 2.00. The summed E-state index contributed by atoms with van der Waals surface area (Å²) in [6, 6.07) is 16.0. The molecule has 0 unspecified atom stereocenters. The lowest BCUT2D eigenvalue weighted by molar-refractivity contribution is -0.144. The van der Waals surface area contributed by atoms with E-state index in [0.717, 1.165) is 22.3 Å². The van der Waals surface area contributed by atoms with Gasteiger partial charge in [0.25, 0.3) is 0 Å². The lowest BCUT2D eigenvalue weighted by atomic mass is 9.98. The van der Waals surface area contributed by atoms with E-state index in [2.05, 4.69) is 17.4 Å². The number of benzene rings is 2. The van der Waals surface area contributed by atoms with E-state index >= 15 is 0 Å². The first-order valence-electron chi connectivity index (χ1n) is 10.1. The highest BCUT2D eigenvalue weighted by molar-refractivity contribution is 5.85. The summed E-state index contributed by atoms with van der Waals surface area (Å²) in [4.78, 5) is 38.6. The van der Waals surface area contributed by atoms with E-state index in [4.69, 9.17) is 9.84 Å². The molecule has 1 aliphatic rings. The summed E-state index contributed by atoms with van der Waals surface area (Å²) < 4.78 is 5.40. The maximum atomic E-state index is 12.4. The average molecular weight is 425 g/mol. The number of nitrogens with one attached hydrogen (secondary N) is 1. The molecule has 2 N–H and O–H groups in total. The van der Waals surface area contributed by atoms with Crippen molar-refractivity contribution in [3.05, 3.63) is 59.7 Å². The zero-order valence-electron chi connectivity index (χ0n) is 17.7. The number of carboxylic acid groups (broad SMARTS) is 1. The molecular weight excluding hydrogens is 398 g/mol. The van der Waals surface area contributed by atoms with Crippen molar-refractivity contribution in [2.24, 2.45) is 0 Å². The van der Waals surface area contributed by atoms with Gasteiger partial charge in [-0.1, -0.05) is 48.5 Å². The summed E-state index contributed by atoms with van der Waals surface area (Å²) >= 11 is 0. The van der Waals surface area contributed by atoms with Crippen LogP contribution in [0.1, 0.15) is 17.0 Å². The number of carboxylic acids is 1. The molecule has 0 radical (unpaired) electrons. The van der Waals surface area contributed by atoms with Gasteiger partial charge < -0.3 is 25.0 Å². The lowest BCUT2D eigenvalue weighted by Gasteiger charge is -2.23. The molecule has 3 rings (SSSR count). The van der Waals surface area contributed by atoms with E-state index in [0.29, 0.717) is 6.54 Å². The molecule has 0 aliphatic heterocycles. The van der Waals surface area contributed by atoms with Crippen LogP contribution in [0.2, 0.25) is 0 Å². The van der Waals surface area contributed by atoms with Gasteiger partial charge >= 0.3 is 12.1 Å². The number of carbonyl (C=O) groups excluding carboxylic acids is 2. The van der Waals surface area contributed by atoms with Gasteiger partial charge in [-0.2, -0.15) is 0 Å². The van der Waals surface area contributed by atoms with Crippen molar-refractivity contribution in [2.45, 2.75) is 5.92 Å². The zero-order chi connectivity index (χ0) is 22.4. The second-order valence-electron chi connectivity index (χ2n) is 7.69. The molecule has 0 heterocycles. The minimum absolute atomic E-state index is 0.0718. The monoisotopic (exact) mass is 425 g/mol. The molecular formula is C23H27N3O5. The van der Waals surface area contributed by atoms with Crippen molar-refractivity contribution in [1.82, 2.24) is 15.1 Å². The third-order valence-corrected chi connectivity index (χ3v) is 5.22. The number of alkyl carbamates (subject to hydrolysis) is 1. The van der Waals surface area contributed by atoms with Crippen LogP contribution in [0.15, 0.2) is 48.5 Å². The van der Waals surface area contributed by atoms with E-state index in [1.165, 1.54) is 4.90 Å². The lowest BCUT2D eigenvalue weighted by Crippen LogP contribution is -2.45. The van der Waals surface area contributed by atoms with Crippen molar-refractivity contribution in [3.8, 4) is 11.1 Å². The number of likely N-dealkylation sites (N-methyl/N-ethyl adjacent to an activating group) is 1. The van der Waals surface area contributed by atoms with E-state index < -0.39 is 24.5 Å². The van der Waals surface area contributed by atoms with Crippen LogP contribution in [0.4, 0.5) is 4.79 Å². The highest BCUT2D eigenvalue weighted by atomic mass is 16.5. The molecule has 2 amide bonds. The predicted molar refractivity (Wildman–Crippen MR) is 116 cm³/mol. The van der Waals surface area contributed by atoms with Crippen molar-refractivity contribution in [3.63, 3.8) is 0 Å². The van der Waals surface area contributed by atoms with Crippen LogP contribution in [-0.2, 0) is 14.3 Å². The summed E-state index contributed by atoms with van der Waals surface area (Å²) in [6.45, 7) is 0.179. The van der Waals surface area contributed by atoms with Crippen LogP contribution >= 0.6 is 0 Å². The minimum Gasteiger partial charge on any atom is -0.480 e. The summed E-state index contributed by atoms with van der Waals surface area (Å²) in [6.07, 6.45) is -0.710. The topological polar surface area (TPSA) is 99.2 Å². The quantitative estimate of drug-likeness (QED) is 0.638. The maximum absolute atomic E-state index is 12.4. The first kappa shape index (κ1) is 22.3. The molecule has 0 aromatic heterocycles.